The molecule has 0 saturated carbocycles. The van der Waals surface area contributed by atoms with Gasteiger partial charge in [0, 0.05) is 33.4 Å². The Morgan fingerprint density at radius 2 is 1.17 bits per heavy atom. The minimum Gasteiger partial charge on any atom is -0.309 e. The van der Waals surface area contributed by atoms with Crippen LogP contribution in [-0.2, 0) is 0 Å². The monoisotopic (exact) mass is 529 g/mol. The van der Waals surface area contributed by atoms with Crippen molar-refractivity contribution in [3.05, 3.63) is 140 Å². The van der Waals surface area contributed by atoms with Crippen LogP contribution in [0.15, 0.2) is 145 Å². The first-order valence-electron chi connectivity index (χ1n) is 13.8. The molecule has 1 aliphatic heterocycles. The van der Waals surface area contributed by atoms with Crippen molar-refractivity contribution in [2.24, 2.45) is 10.8 Å². The van der Waals surface area contributed by atoms with Gasteiger partial charge in [0.2, 0.25) is 0 Å². The molecule has 2 aromatic heterocycles. The van der Waals surface area contributed by atoms with Crippen LogP contribution in [0, 0.1) is 0 Å². The van der Waals surface area contributed by atoms with Crippen molar-refractivity contribution in [2.45, 2.75) is 6.17 Å². The lowest BCUT2D eigenvalue weighted by atomic mass is 10.0. The number of benzene rings is 5. The number of hydrazine groups is 1. The number of nitrogens with zero attached hydrogens (tertiary/aromatic N) is 4. The van der Waals surface area contributed by atoms with Crippen molar-refractivity contribution in [3.63, 3.8) is 0 Å². The lowest BCUT2D eigenvalue weighted by Crippen LogP contribution is -2.35. The second-order valence-electron chi connectivity index (χ2n) is 10.4. The number of hydrogen-bond acceptors (Lipinski definition) is 3. The summed E-state index contributed by atoms with van der Waals surface area (Å²) in [5.41, 5.74) is 8.18. The standard InChI is InChI=1S/C36H27N5/c37-40-21-9-8-16-36(40)38-24-39-32-14-6-4-12-28(32)30-22-25(17-19-33(30)39)26-18-20-35-31(23-26)29-13-5-7-15-34(29)41(35)27-10-2-1-3-11-27/h1-24,36H,37H2. The molecule has 3 heterocycles. The molecule has 0 bridgehead atoms. The summed E-state index contributed by atoms with van der Waals surface area (Å²) >= 11 is 0. The van der Waals surface area contributed by atoms with Crippen LogP contribution < -0.4 is 5.84 Å². The van der Waals surface area contributed by atoms with E-state index in [0.717, 1.165) is 11.0 Å². The number of rotatable bonds is 4. The van der Waals surface area contributed by atoms with Gasteiger partial charge in [-0.15, -0.1) is 0 Å². The van der Waals surface area contributed by atoms with Crippen LogP contribution in [0.4, 0.5) is 0 Å². The van der Waals surface area contributed by atoms with E-state index in [-0.39, 0.29) is 6.17 Å². The molecule has 2 N–H and O–H groups in total. The molecule has 0 amide bonds. The molecule has 1 unspecified atom stereocenters. The maximum Gasteiger partial charge on any atom is 0.155 e. The second kappa shape index (κ2) is 9.37. The number of aliphatic imine (C=N–C) groups is 1. The normalized spacial score (nSPS) is 15.3. The van der Waals surface area contributed by atoms with Crippen molar-refractivity contribution >= 4 is 50.0 Å². The molecule has 41 heavy (non-hydrogen) atoms. The highest BCUT2D eigenvalue weighted by atomic mass is 15.4. The van der Waals surface area contributed by atoms with Crippen LogP contribution in [-0.4, -0.2) is 26.6 Å². The van der Waals surface area contributed by atoms with Crippen molar-refractivity contribution in [3.8, 4) is 16.8 Å². The van der Waals surface area contributed by atoms with Crippen LogP contribution >= 0.6 is 0 Å². The first-order chi connectivity index (χ1) is 20.3. The molecule has 5 nitrogen and oxygen atoms in total. The number of allylic oxidation sites excluding steroid dienone is 2. The van der Waals surface area contributed by atoms with Crippen LogP contribution in [0.3, 0.4) is 0 Å². The minimum atomic E-state index is -0.236. The Morgan fingerprint density at radius 1 is 0.585 bits per heavy atom. The summed E-state index contributed by atoms with van der Waals surface area (Å²) in [4.78, 5) is 4.78. The van der Waals surface area contributed by atoms with Crippen molar-refractivity contribution in [2.75, 3.05) is 0 Å². The van der Waals surface area contributed by atoms with Gasteiger partial charge in [0.05, 0.1) is 28.4 Å². The Hall–Kier alpha value is -5.39. The lowest BCUT2D eigenvalue weighted by molar-refractivity contribution is 0.336. The van der Waals surface area contributed by atoms with Gasteiger partial charge < -0.3 is 9.13 Å². The first kappa shape index (κ1) is 23.5. The highest BCUT2D eigenvalue weighted by Gasteiger charge is 2.15. The lowest BCUT2D eigenvalue weighted by Gasteiger charge is -2.21. The van der Waals surface area contributed by atoms with E-state index >= 15 is 0 Å². The summed E-state index contributed by atoms with van der Waals surface area (Å²) in [6, 6.07) is 41.3. The molecule has 8 rings (SSSR count). The quantitative estimate of drug-likeness (QED) is 0.143. The third-order valence-electron chi connectivity index (χ3n) is 8.02. The number of nitrogens with two attached hydrogens (primary N) is 1. The van der Waals surface area contributed by atoms with E-state index in [1.54, 1.807) is 5.01 Å². The van der Waals surface area contributed by atoms with E-state index in [0.29, 0.717) is 0 Å². The maximum atomic E-state index is 6.11. The zero-order chi connectivity index (χ0) is 27.3. The topological polar surface area (TPSA) is 51.5 Å². The van der Waals surface area contributed by atoms with Gasteiger partial charge >= 0.3 is 0 Å². The van der Waals surface area contributed by atoms with Gasteiger partial charge in [-0.1, -0.05) is 72.8 Å². The van der Waals surface area contributed by atoms with E-state index in [4.69, 9.17) is 10.8 Å². The average Bonchev–Trinajstić information content (AvgIpc) is 3.53. The Balaban J connectivity index is 1.28. The fraction of sp³-hybridized carbons (Fsp3) is 0.0278. The molecule has 196 valence electrons. The van der Waals surface area contributed by atoms with Gasteiger partial charge in [-0.25, -0.2) is 10.8 Å². The van der Waals surface area contributed by atoms with Gasteiger partial charge in [0.1, 0.15) is 0 Å². The molecule has 1 aliphatic rings. The Morgan fingerprint density at radius 3 is 1.93 bits per heavy atom. The van der Waals surface area contributed by atoms with Crippen LogP contribution in [0.5, 0.6) is 0 Å². The largest absolute Gasteiger partial charge is 0.309 e. The fourth-order valence-electron chi connectivity index (χ4n) is 6.08. The minimum absolute atomic E-state index is 0.236. The Bertz CT molecular complexity index is 2180. The predicted octanol–water partition coefficient (Wildman–Crippen LogP) is 8.02. The molecule has 0 aliphatic carbocycles. The number of hydrogen-bond donors (Lipinski definition) is 1. The number of aromatic nitrogens is 2. The average molecular weight is 530 g/mol. The summed E-state index contributed by atoms with van der Waals surface area (Å²) in [6.07, 6.45) is 9.34. The summed E-state index contributed by atoms with van der Waals surface area (Å²) in [5.74, 6) is 6.11. The van der Waals surface area contributed by atoms with Crippen molar-refractivity contribution in [1.82, 2.24) is 14.1 Å². The zero-order valence-corrected chi connectivity index (χ0v) is 22.3. The molecule has 7 aromatic rings. The second-order valence-corrected chi connectivity index (χ2v) is 10.4. The van der Waals surface area contributed by atoms with E-state index in [1.807, 2.05) is 30.8 Å². The van der Waals surface area contributed by atoms with E-state index in [2.05, 4.69) is 124 Å². The summed E-state index contributed by atoms with van der Waals surface area (Å²) < 4.78 is 4.51. The Labute approximate surface area is 237 Å². The van der Waals surface area contributed by atoms with Crippen molar-refractivity contribution in [1.29, 1.82) is 0 Å². The molecule has 0 spiro atoms. The fourth-order valence-corrected chi connectivity index (χ4v) is 6.08. The third kappa shape index (κ3) is 3.78. The predicted molar refractivity (Wildman–Crippen MR) is 171 cm³/mol. The smallest absolute Gasteiger partial charge is 0.155 e. The molecule has 0 fully saturated rings. The molecule has 5 aromatic carbocycles. The molecular weight excluding hydrogens is 502 g/mol. The molecule has 5 heteroatoms. The van der Waals surface area contributed by atoms with Gasteiger partial charge in [-0.3, -0.25) is 5.01 Å². The van der Waals surface area contributed by atoms with E-state index < -0.39 is 0 Å². The Kier molecular flexibility index (Phi) is 5.37. The molecular formula is C36H27N5. The van der Waals surface area contributed by atoms with Crippen LogP contribution in [0.25, 0.3) is 60.4 Å². The van der Waals surface area contributed by atoms with Gasteiger partial charge in [-0.2, -0.15) is 0 Å². The van der Waals surface area contributed by atoms with Crippen molar-refractivity contribution < 1.29 is 0 Å². The summed E-state index contributed by atoms with van der Waals surface area (Å²) in [5, 5.41) is 6.49. The summed E-state index contributed by atoms with van der Waals surface area (Å²) in [7, 11) is 0. The highest BCUT2D eigenvalue weighted by Crippen LogP contribution is 2.37. The summed E-state index contributed by atoms with van der Waals surface area (Å²) in [6.45, 7) is 0. The first-order valence-corrected chi connectivity index (χ1v) is 13.8. The third-order valence-corrected chi connectivity index (χ3v) is 8.02. The van der Waals surface area contributed by atoms with Gasteiger partial charge in [0.15, 0.2) is 6.17 Å². The van der Waals surface area contributed by atoms with Gasteiger partial charge in [-0.05, 0) is 71.8 Å². The van der Waals surface area contributed by atoms with E-state index in [1.165, 1.54) is 49.4 Å². The number of fused-ring (bicyclic) bond motifs is 6. The molecule has 1 atom stereocenters. The molecule has 0 saturated heterocycles. The highest BCUT2D eigenvalue weighted by molar-refractivity contribution is 6.13. The maximum absolute atomic E-state index is 6.11. The van der Waals surface area contributed by atoms with Crippen LogP contribution in [0.2, 0.25) is 0 Å². The molecule has 0 radical (unpaired) electrons. The zero-order valence-electron chi connectivity index (χ0n) is 22.3. The number of para-hydroxylation sites is 3. The van der Waals surface area contributed by atoms with E-state index in [9.17, 15) is 0 Å². The SMILES string of the molecule is NN1C=CC=CC1N=Cn1c2ccccc2c2cc(-c3ccc4c(c3)c3ccccc3n4-c3ccccc3)ccc21. The van der Waals surface area contributed by atoms with Gasteiger partial charge in [0.25, 0.3) is 0 Å². The van der Waals surface area contributed by atoms with Crippen LogP contribution in [0.1, 0.15) is 0 Å².